The van der Waals surface area contributed by atoms with Crippen LogP contribution >= 0.6 is 11.8 Å². The van der Waals surface area contributed by atoms with Crippen molar-refractivity contribution < 1.29 is 48.5 Å². The molecule has 364 valence electrons. The molecule has 0 aliphatic heterocycles. The fourth-order valence-electron chi connectivity index (χ4n) is 7.25. The highest BCUT2D eigenvalue weighted by Crippen LogP contribution is 2.17. The number of rotatable bonds is 43. The van der Waals surface area contributed by atoms with E-state index in [1.807, 2.05) is 0 Å². The molecule has 0 aliphatic carbocycles. The molecule has 1 aromatic rings. The van der Waals surface area contributed by atoms with Gasteiger partial charge in [-0.15, -0.1) is 11.8 Å². The molecule has 2 atom stereocenters. The summed E-state index contributed by atoms with van der Waals surface area (Å²) in [5.41, 5.74) is 0.889. The maximum Gasteiger partial charge on any atom is 0.326 e. The molecule has 12 nitrogen and oxygen atoms in total. The van der Waals surface area contributed by atoms with Crippen molar-refractivity contribution in [2.75, 3.05) is 12.4 Å². The summed E-state index contributed by atoms with van der Waals surface area (Å²) in [5.74, 6) is -3.80. The number of benzene rings is 1. The summed E-state index contributed by atoms with van der Waals surface area (Å²) in [6.45, 7) is 4.62. The lowest BCUT2D eigenvalue weighted by Crippen LogP contribution is -2.41. The number of carbonyl (C=O) groups excluding carboxylic acids is 4. The van der Waals surface area contributed by atoms with E-state index in [1.165, 1.54) is 158 Å². The van der Waals surface area contributed by atoms with Gasteiger partial charge in [0.05, 0.1) is 0 Å². The van der Waals surface area contributed by atoms with Crippen molar-refractivity contribution >= 4 is 47.5 Å². The average Bonchev–Trinajstić information content (AvgIpc) is 3.27. The minimum atomic E-state index is -1.34. The zero-order chi connectivity index (χ0) is 46.9. The van der Waals surface area contributed by atoms with Crippen LogP contribution in [-0.4, -0.2) is 70.4 Å². The molecular formula is C51H84N2O10S. The molecular weight excluding hydrogens is 833 g/mol. The Labute approximate surface area is 389 Å². The highest BCUT2D eigenvalue weighted by atomic mass is 32.2. The van der Waals surface area contributed by atoms with Crippen molar-refractivity contribution in [3.05, 3.63) is 46.9 Å². The molecule has 0 saturated carbocycles. The lowest BCUT2D eigenvalue weighted by atomic mass is 10.0. The summed E-state index contributed by atoms with van der Waals surface area (Å²) < 4.78 is 11.3. The highest BCUT2D eigenvalue weighted by Gasteiger charge is 2.22. The van der Waals surface area contributed by atoms with Gasteiger partial charge < -0.3 is 30.3 Å². The van der Waals surface area contributed by atoms with E-state index in [1.54, 1.807) is 17.5 Å². The third kappa shape index (κ3) is 34.5. The number of amides is 2. The van der Waals surface area contributed by atoms with Gasteiger partial charge in [-0.1, -0.05) is 180 Å². The summed E-state index contributed by atoms with van der Waals surface area (Å²) in [5, 5.41) is 24.9. The summed E-state index contributed by atoms with van der Waals surface area (Å²) in [4.78, 5) is 72.8. The molecule has 0 radical (unpaired) electrons. The summed E-state index contributed by atoms with van der Waals surface area (Å²) >= 11 is 1.28. The SMILES string of the molecule is CCCCCCCCCCCCCCCC(=O)OCC(CS/C=C\C(=O)NCc1ccc(C(=O)N[C@@H](CCC(=O)O)C(=O)O)cc1)OC(=O)CCCCCCCCCCCCCCC. The van der Waals surface area contributed by atoms with Crippen LogP contribution in [-0.2, 0) is 40.0 Å². The molecule has 0 bridgehead atoms. The van der Waals surface area contributed by atoms with Crippen LogP contribution in [0.1, 0.15) is 222 Å². The van der Waals surface area contributed by atoms with E-state index in [0.29, 0.717) is 24.2 Å². The number of ether oxygens (including phenoxy) is 2. The predicted octanol–water partition coefficient (Wildman–Crippen LogP) is 12.0. The Morgan fingerprint density at radius 1 is 0.609 bits per heavy atom. The van der Waals surface area contributed by atoms with E-state index in [4.69, 9.17) is 14.6 Å². The number of thioether (sulfide) groups is 1. The van der Waals surface area contributed by atoms with Gasteiger partial charge in [0, 0.05) is 43.2 Å². The minimum absolute atomic E-state index is 0.0397. The highest BCUT2D eigenvalue weighted by molar-refractivity contribution is 8.02. The van der Waals surface area contributed by atoms with E-state index in [2.05, 4.69) is 24.5 Å². The first-order valence-electron chi connectivity index (χ1n) is 24.8. The average molecular weight is 917 g/mol. The van der Waals surface area contributed by atoms with Crippen LogP contribution < -0.4 is 10.6 Å². The second-order valence-electron chi connectivity index (χ2n) is 17.1. The molecule has 0 spiro atoms. The Kier molecular flexibility index (Phi) is 36.9. The van der Waals surface area contributed by atoms with Gasteiger partial charge >= 0.3 is 23.9 Å². The molecule has 2 amide bonds. The van der Waals surface area contributed by atoms with Crippen molar-refractivity contribution in [1.82, 2.24) is 10.6 Å². The summed E-state index contributed by atoms with van der Waals surface area (Å²) in [6, 6.07) is 4.89. The minimum Gasteiger partial charge on any atom is -0.481 e. The van der Waals surface area contributed by atoms with Crippen molar-refractivity contribution in [3.63, 3.8) is 0 Å². The van der Waals surface area contributed by atoms with Crippen molar-refractivity contribution in [3.8, 4) is 0 Å². The molecule has 0 aromatic heterocycles. The van der Waals surface area contributed by atoms with Gasteiger partial charge in [-0.05, 0) is 42.4 Å². The van der Waals surface area contributed by atoms with Crippen LogP contribution in [0.3, 0.4) is 0 Å². The van der Waals surface area contributed by atoms with Crippen LogP contribution in [0.25, 0.3) is 0 Å². The molecule has 0 saturated heterocycles. The molecule has 13 heteroatoms. The fourth-order valence-corrected chi connectivity index (χ4v) is 7.96. The van der Waals surface area contributed by atoms with E-state index in [0.717, 1.165) is 38.5 Å². The third-order valence-corrected chi connectivity index (χ3v) is 12.1. The monoisotopic (exact) mass is 917 g/mol. The van der Waals surface area contributed by atoms with Gasteiger partial charge in [0.15, 0.2) is 0 Å². The molecule has 0 aliphatic rings. The number of aliphatic carboxylic acids is 2. The Morgan fingerprint density at radius 3 is 1.52 bits per heavy atom. The fraction of sp³-hybridized carbons (Fsp3) is 0.725. The number of hydrogen-bond acceptors (Lipinski definition) is 9. The molecule has 0 fully saturated rings. The van der Waals surface area contributed by atoms with Crippen LogP contribution in [0.4, 0.5) is 0 Å². The molecule has 0 heterocycles. The first-order chi connectivity index (χ1) is 31.0. The largest absolute Gasteiger partial charge is 0.481 e. The number of hydrogen-bond donors (Lipinski definition) is 4. The Morgan fingerprint density at radius 2 is 1.06 bits per heavy atom. The number of nitrogens with one attached hydrogen (secondary N) is 2. The molecule has 64 heavy (non-hydrogen) atoms. The molecule has 1 rings (SSSR count). The second kappa shape index (κ2) is 40.6. The van der Waals surface area contributed by atoms with Gasteiger partial charge in [0.1, 0.15) is 18.8 Å². The zero-order valence-corrected chi connectivity index (χ0v) is 40.3. The topological polar surface area (TPSA) is 185 Å². The standard InChI is InChI=1S/C51H84N2O10S/c1-3-5-7-9-11-13-15-17-19-21-23-25-27-29-48(57)62-40-44(63-49(58)30-28-26-24-22-20-18-16-14-12-10-8-6-4-2)41-64-38-37-46(54)52-39-42-31-33-43(34-32-42)50(59)53-45(51(60)61)35-36-47(55)56/h31-34,37-38,44-45H,3-30,35-36,39-41H2,1-2H3,(H,52,54)(H,53,59)(H,55,56)(H,60,61)/b38-37-/t44?,45-/m0/s1. The number of carboxylic acids is 2. The lowest BCUT2D eigenvalue weighted by molar-refractivity contribution is -0.157. The summed E-state index contributed by atoms with van der Waals surface area (Å²) in [6.07, 6.45) is 32.5. The van der Waals surface area contributed by atoms with Crippen molar-refractivity contribution in [2.24, 2.45) is 0 Å². The quantitative estimate of drug-likeness (QED) is 0.0277. The van der Waals surface area contributed by atoms with Gasteiger partial charge in [-0.3, -0.25) is 24.0 Å². The molecule has 4 N–H and O–H groups in total. The Balaban J connectivity index is 2.50. The Hall–Kier alpha value is -3.87. The van der Waals surface area contributed by atoms with Crippen LogP contribution in [0.2, 0.25) is 0 Å². The van der Waals surface area contributed by atoms with Gasteiger partial charge in [0.25, 0.3) is 5.91 Å². The molecule has 1 unspecified atom stereocenters. The van der Waals surface area contributed by atoms with Crippen molar-refractivity contribution in [2.45, 2.75) is 225 Å². The van der Waals surface area contributed by atoms with E-state index in [9.17, 15) is 33.9 Å². The van der Waals surface area contributed by atoms with Gasteiger partial charge in [-0.25, -0.2) is 4.79 Å². The maximum absolute atomic E-state index is 12.8. The maximum atomic E-state index is 12.8. The lowest BCUT2D eigenvalue weighted by Gasteiger charge is -2.17. The zero-order valence-electron chi connectivity index (χ0n) is 39.5. The van der Waals surface area contributed by atoms with Gasteiger partial charge in [-0.2, -0.15) is 0 Å². The number of esters is 2. The summed E-state index contributed by atoms with van der Waals surface area (Å²) in [7, 11) is 0. The third-order valence-electron chi connectivity index (χ3n) is 11.2. The Bertz CT molecular complexity index is 1440. The van der Waals surface area contributed by atoms with Crippen LogP contribution in [0, 0.1) is 0 Å². The second-order valence-corrected chi connectivity index (χ2v) is 18.1. The van der Waals surface area contributed by atoms with Gasteiger partial charge in [0.2, 0.25) is 5.91 Å². The van der Waals surface area contributed by atoms with E-state index >= 15 is 0 Å². The molecule has 1 aromatic carbocycles. The van der Waals surface area contributed by atoms with Crippen LogP contribution in [0.15, 0.2) is 35.7 Å². The van der Waals surface area contributed by atoms with Crippen molar-refractivity contribution in [1.29, 1.82) is 0 Å². The first-order valence-corrected chi connectivity index (χ1v) is 25.9. The smallest absolute Gasteiger partial charge is 0.326 e. The number of carboxylic acid groups (broad SMARTS) is 2. The normalized spacial score (nSPS) is 12.2. The number of carbonyl (C=O) groups is 6. The first kappa shape index (κ1) is 58.1. The predicted molar refractivity (Wildman–Crippen MR) is 257 cm³/mol. The van der Waals surface area contributed by atoms with E-state index in [-0.39, 0.29) is 43.0 Å². The van der Waals surface area contributed by atoms with E-state index < -0.39 is 36.4 Å². The number of unbranched alkanes of at least 4 members (excludes halogenated alkanes) is 24. The van der Waals surface area contributed by atoms with Crippen LogP contribution in [0.5, 0.6) is 0 Å².